The van der Waals surface area contributed by atoms with Gasteiger partial charge < -0.3 is 4.90 Å². The Hall–Kier alpha value is 0.210. The van der Waals surface area contributed by atoms with Crippen LogP contribution in [0.1, 0.15) is 19.3 Å². The van der Waals surface area contributed by atoms with Crippen LogP contribution in [0.5, 0.6) is 0 Å². The predicted molar refractivity (Wildman–Crippen MR) is 58.8 cm³/mol. The molecule has 3 aliphatic rings. The molecule has 0 spiro atoms. The molecule has 3 fully saturated rings. The van der Waals surface area contributed by atoms with E-state index in [0.717, 1.165) is 18.5 Å². The highest BCUT2D eigenvalue weighted by molar-refractivity contribution is 6.21. The molecule has 2 nitrogen and oxygen atoms in total. The fraction of sp³-hybridized carbons (Fsp3) is 1.00. The van der Waals surface area contributed by atoms with Crippen LogP contribution in [-0.4, -0.2) is 53.9 Å². The highest BCUT2D eigenvalue weighted by atomic mass is 35.5. The number of hydrogen-bond donors (Lipinski definition) is 0. The molecule has 2 unspecified atom stereocenters. The zero-order valence-corrected chi connectivity index (χ0v) is 9.42. The van der Waals surface area contributed by atoms with Crippen molar-refractivity contribution in [1.29, 1.82) is 0 Å². The van der Waals surface area contributed by atoms with Gasteiger partial charge in [-0.2, -0.15) is 0 Å². The molecule has 14 heavy (non-hydrogen) atoms. The topological polar surface area (TPSA) is 6.48 Å². The Balaban J connectivity index is 1.55. The lowest BCUT2D eigenvalue weighted by Gasteiger charge is -2.37. The molecule has 2 aliphatic heterocycles. The number of alkyl halides is 1. The van der Waals surface area contributed by atoms with Crippen molar-refractivity contribution in [3.63, 3.8) is 0 Å². The minimum atomic E-state index is 0.417. The molecule has 0 amide bonds. The van der Waals surface area contributed by atoms with Crippen molar-refractivity contribution in [2.24, 2.45) is 5.92 Å². The molecule has 0 aromatic carbocycles. The minimum Gasteiger partial charge on any atom is -0.300 e. The van der Waals surface area contributed by atoms with E-state index >= 15 is 0 Å². The second-order valence-electron chi connectivity index (χ2n) is 5.18. The number of piperazine rings is 1. The highest BCUT2D eigenvalue weighted by Gasteiger charge is 2.36. The molecule has 3 rings (SSSR count). The Morgan fingerprint density at radius 2 is 2.00 bits per heavy atom. The van der Waals surface area contributed by atoms with Crippen LogP contribution >= 0.6 is 11.6 Å². The fourth-order valence-electron chi connectivity index (χ4n) is 2.88. The third kappa shape index (κ3) is 1.93. The fourth-order valence-corrected chi connectivity index (χ4v) is 3.26. The summed E-state index contributed by atoms with van der Waals surface area (Å²) in [5.74, 6) is 1.04. The third-order valence-electron chi connectivity index (χ3n) is 3.86. The Labute approximate surface area is 91.2 Å². The average molecular weight is 215 g/mol. The Morgan fingerprint density at radius 3 is 2.79 bits per heavy atom. The van der Waals surface area contributed by atoms with Crippen LogP contribution in [0.4, 0.5) is 0 Å². The number of halogens is 1. The summed E-state index contributed by atoms with van der Waals surface area (Å²) in [5.41, 5.74) is 0. The molecule has 2 atom stereocenters. The van der Waals surface area contributed by atoms with E-state index in [-0.39, 0.29) is 0 Å². The first kappa shape index (κ1) is 9.44. The Kier molecular flexibility index (Phi) is 2.46. The lowest BCUT2D eigenvalue weighted by atomic mass is 10.1. The number of fused-ring (bicyclic) bond motifs is 1. The summed E-state index contributed by atoms with van der Waals surface area (Å²) < 4.78 is 0. The van der Waals surface area contributed by atoms with Crippen LogP contribution in [0.3, 0.4) is 0 Å². The lowest BCUT2D eigenvalue weighted by molar-refractivity contribution is 0.101. The van der Waals surface area contributed by atoms with Crippen molar-refractivity contribution in [3.8, 4) is 0 Å². The van der Waals surface area contributed by atoms with Gasteiger partial charge in [-0.3, -0.25) is 4.90 Å². The summed E-state index contributed by atoms with van der Waals surface area (Å²) in [4.78, 5) is 5.24. The molecule has 1 saturated carbocycles. The van der Waals surface area contributed by atoms with Crippen LogP contribution in [0, 0.1) is 5.92 Å². The molecule has 0 bridgehead atoms. The van der Waals surface area contributed by atoms with Crippen molar-refractivity contribution in [1.82, 2.24) is 9.80 Å². The van der Waals surface area contributed by atoms with Crippen molar-refractivity contribution in [3.05, 3.63) is 0 Å². The molecular weight excluding hydrogens is 196 g/mol. The van der Waals surface area contributed by atoms with Gasteiger partial charge in [-0.1, -0.05) is 0 Å². The van der Waals surface area contributed by atoms with Gasteiger partial charge in [0.2, 0.25) is 0 Å². The summed E-state index contributed by atoms with van der Waals surface area (Å²) >= 11 is 6.19. The monoisotopic (exact) mass is 214 g/mol. The summed E-state index contributed by atoms with van der Waals surface area (Å²) in [5, 5.41) is 0.417. The molecule has 0 aromatic heterocycles. The normalized spacial score (nSPS) is 40.1. The number of rotatable bonds is 2. The maximum atomic E-state index is 6.19. The highest BCUT2D eigenvalue weighted by Crippen LogP contribution is 2.32. The first-order valence-corrected chi connectivity index (χ1v) is 6.35. The van der Waals surface area contributed by atoms with E-state index in [1.165, 1.54) is 45.4 Å². The van der Waals surface area contributed by atoms with E-state index in [1.54, 1.807) is 0 Å². The standard InChI is InChI=1S/C11H19ClN2/c12-10-5-11-8-13(6-9-1-2-9)3-4-14(11)7-10/h9-11H,1-8H2. The molecule has 80 valence electrons. The van der Waals surface area contributed by atoms with E-state index in [9.17, 15) is 0 Å². The van der Waals surface area contributed by atoms with Gasteiger partial charge in [0.05, 0.1) is 0 Å². The molecular formula is C11H19ClN2. The van der Waals surface area contributed by atoms with Crippen molar-refractivity contribution in [2.45, 2.75) is 30.7 Å². The van der Waals surface area contributed by atoms with E-state index in [1.807, 2.05) is 0 Å². The maximum Gasteiger partial charge on any atom is 0.0478 e. The van der Waals surface area contributed by atoms with Crippen LogP contribution < -0.4 is 0 Å². The van der Waals surface area contributed by atoms with Crippen LogP contribution in [0.25, 0.3) is 0 Å². The summed E-state index contributed by atoms with van der Waals surface area (Å²) in [6.07, 6.45) is 4.16. The molecule has 0 radical (unpaired) electrons. The van der Waals surface area contributed by atoms with Gasteiger partial charge in [-0.05, 0) is 25.2 Å². The van der Waals surface area contributed by atoms with Gasteiger partial charge in [-0.25, -0.2) is 0 Å². The number of hydrogen-bond acceptors (Lipinski definition) is 2. The van der Waals surface area contributed by atoms with Gasteiger partial charge in [-0.15, -0.1) is 11.6 Å². The first-order chi connectivity index (χ1) is 6.81. The third-order valence-corrected chi connectivity index (χ3v) is 4.18. The van der Waals surface area contributed by atoms with Crippen molar-refractivity contribution >= 4 is 11.6 Å². The maximum absolute atomic E-state index is 6.19. The van der Waals surface area contributed by atoms with Gasteiger partial charge in [0, 0.05) is 44.1 Å². The molecule has 3 heteroatoms. The summed E-state index contributed by atoms with van der Waals surface area (Å²) in [7, 11) is 0. The van der Waals surface area contributed by atoms with E-state index in [4.69, 9.17) is 11.6 Å². The van der Waals surface area contributed by atoms with Crippen molar-refractivity contribution < 1.29 is 0 Å². The van der Waals surface area contributed by atoms with Crippen LogP contribution in [0.15, 0.2) is 0 Å². The molecule has 2 heterocycles. The van der Waals surface area contributed by atoms with E-state index in [0.29, 0.717) is 5.38 Å². The molecule has 1 aliphatic carbocycles. The smallest absolute Gasteiger partial charge is 0.0478 e. The second-order valence-corrected chi connectivity index (χ2v) is 5.80. The van der Waals surface area contributed by atoms with E-state index < -0.39 is 0 Å². The lowest BCUT2D eigenvalue weighted by Crippen LogP contribution is -2.50. The largest absolute Gasteiger partial charge is 0.300 e. The number of nitrogens with zero attached hydrogens (tertiary/aromatic N) is 2. The average Bonchev–Trinajstić information content (AvgIpc) is 2.86. The minimum absolute atomic E-state index is 0.417. The quantitative estimate of drug-likeness (QED) is 0.642. The molecule has 0 N–H and O–H groups in total. The molecule has 2 saturated heterocycles. The predicted octanol–water partition coefficient (Wildman–Crippen LogP) is 1.39. The van der Waals surface area contributed by atoms with Gasteiger partial charge in [0.1, 0.15) is 0 Å². The van der Waals surface area contributed by atoms with Crippen LogP contribution in [-0.2, 0) is 0 Å². The SMILES string of the molecule is ClC1CC2CN(CC3CC3)CCN2C1. The van der Waals surface area contributed by atoms with Gasteiger partial charge >= 0.3 is 0 Å². The summed E-state index contributed by atoms with van der Waals surface area (Å²) in [6.45, 7) is 6.29. The van der Waals surface area contributed by atoms with Gasteiger partial charge in [0.15, 0.2) is 0 Å². The zero-order valence-electron chi connectivity index (χ0n) is 8.66. The first-order valence-electron chi connectivity index (χ1n) is 5.92. The molecule has 0 aromatic rings. The van der Waals surface area contributed by atoms with Crippen molar-refractivity contribution in [2.75, 3.05) is 32.7 Å². The van der Waals surface area contributed by atoms with Gasteiger partial charge in [0.25, 0.3) is 0 Å². The summed E-state index contributed by atoms with van der Waals surface area (Å²) in [6, 6.07) is 0.769. The second kappa shape index (κ2) is 3.66. The Morgan fingerprint density at radius 1 is 1.14 bits per heavy atom. The van der Waals surface area contributed by atoms with Crippen LogP contribution in [0.2, 0.25) is 0 Å². The Bertz CT molecular complexity index is 217. The zero-order chi connectivity index (χ0) is 9.54. The van der Waals surface area contributed by atoms with E-state index in [2.05, 4.69) is 9.80 Å².